The predicted molar refractivity (Wildman–Crippen MR) is 62.5 cm³/mol. The Morgan fingerprint density at radius 3 is 2.75 bits per heavy atom. The average Bonchev–Trinajstić information content (AvgIpc) is 2.20. The van der Waals surface area contributed by atoms with Crippen LogP contribution in [0.5, 0.6) is 0 Å². The fourth-order valence-corrected chi connectivity index (χ4v) is 1.71. The zero-order valence-corrected chi connectivity index (χ0v) is 9.64. The van der Waals surface area contributed by atoms with Crippen LogP contribution in [0.25, 0.3) is 0 Å². The minimum absolute atomic E-state index is 0.107. The minimum Gasteiger partial charge on any atom is -0.393 e. The van der Waals surface area contributed by atoms with E-state index in [9.17, 15) is 15.2 Å². The summed E-state index contributed by atoms with van der Waals surface area (Å²) < 4.78 is 0. The Labute approximate surface area is 95.1 Å². The summed E-state index contributed by atoms with van der Waals surface area (Å²) in [7, 11) is 0. The summed E-state index contributed by atoms with van der Waals surface area (Å²) in [5.41, 5.74) is 1.58. The molecule has 0 aliphatic rings. The van der Waals surface area contributed by atoms with Gasteiger partial charge in [-0.3, -0.25) is 10.1 Å². The number of hydrogen-bond acceptors (Lipinski definition) is 3. The van der Waals surface area contributed by atoms with Gasteiger partial charge in [-0.1, -0.05) is 25.5 Å². The maximum Gasteiger partial charge on any atom is 0.272 e. The van der Waals surface area contributed by atoms with E-state index in [1.807, 2.05) is 19.9 Å². The second kappa shape index (κ2) is 5.61. The fourth-order valence-electron chi connectivity index (χ4n) is 1.71. The van der Waals surface area contributed by atoms with Gasteiger partial charge in [0.1, 0.15) is 0 Å². The number of nitro groups is 1. The third-order valence-corrected chi connectivity index (χ3v) is 2.51. The van der Waals surface area contributed by atoms with Crippen molar-refractivity contribution in [1.29, 1.82) is 0 Å². The van der Waals surface area contributed by atoms with E-state index in [4.69, 9.17) is 0 Å². The number of rotatable bonds is 5. The molecule has 0 aliphatic heterocycles. The average molecular weight is 223 g/mol. The molecule has 0 fully saturated rings. The van der Waals surface area contributed by atoms with E-state index in [0.29, 0.717) is 18.4 Å². The first-order valence-electron chi connectivity index (χ1n) is 5.46. The summed E-state index contributed by atoms with van der Waals surface area (Å²) in [4.78, 5) is 10.4. The third-order valence-electron chi connectivity index (χ3n) is 2.51. The summed E-state index contributed by atoms with van der Waals surface area (Å²) in [5.74, 6) is 0. The number of hydrogen-bond donors (Lipinski definition) is 1. The van der Waals surface area contributed by atoms with Crippen molar-refractivity contribution < 1.29 is 10.0 Å². The molecule has 0 bridgehead atoms. The van der Waals surface area contributed by atoms with Crippen LogP contribution in [0, 0.1) is 17.0 Å². The van der Waals surface area contributed by atoms with Crippen LogP contribution < -0.4 is 0 Å². The molecule has 1 aromatic carbocycles. The van der Waals surface area contributed by atoms with Gasteiger partial charge in [0.25, 0.3) is 5.69 Å². The Balaban J connectivity index is 2.90. The Hall–Kier alpha value is -1.42. The molecule has 4 nitrogen and oxygen atoms in total. The number of aryl methyl sites for hydroxylation is 1. The van der Waals surface area contributed by atoms with Crippen LogP contribution in [0.2, 0.25) is 0 Å². The molecule has 1 atom stereocenters. The largest absolute Gasteiger partial charge is 0.393 e. The first-order valence-corrected chi connectivity index (χ1v) is 5.46. The smallest absolute Gasteiger partial charge is 0.272 e. The van der Waals surface area contributed by atoms with E-state index >= 15 is 0 Å². The zero-order valence-electron chi connectivity index (χ0n) is 9.64. The molecule has 88 valence electrons. The molecule has 0 saturated carbocycles. The van der Waals surface area contributed by atoms with Crippen LogP contribution >= 0.6 is 0 Å². The Morgan fingerprint density at radius 2 is 2.19 bits per heavy atom. The highest BCUT2D eigenvalue weighted by molar-refractivity contribution is 5.43. The van der Waals surface area contributed by atoms with E-state index < -0.39 is 6.10 Å². The topological polar surface area (TPSA) is 63.4 Å². The highest BCUT2D eigenvalue weighted by Crippen LogP contribution is 2.22. The van der Waals surface area contributed by atoms with Gasteiger partial charge in [0.15, 0.2) is 0 Å². The van der Waals surface area contributed by atoms with Crippen molar-refractivity contribution in [3.8, 4) is 0 Å². The zero-order chi connectivity index (χ0) is 12.1. The fraction of sp³-hybridized carbons (Fsp3) is 0.500. The second-order valence-electron chi connectivity index (χ2n) is 4.04. The maximum absolute atomic E-state index is 10.8. The molecule has 4 heteroatoms. The lowest BCUT2D eigenvalue weighted by atomic mass is 10.0. The van der Waals surface area contributed by atoms with Gasteiger partial charge in [-0.25, -0.2) is 0 Å². The van der Waals surface area contributed by atoms with Gasteiger partial charge in [0.05, 0.1) is 11.0 Å². The van der Waals surface area contributed by atoms with Gasteiger partial charge in [-0.2, -0.15) is 0 Å². The van der Waals surface area contributed by atoms with Gasteiger partial charge in [0.2, 0.25) is 0 Å². The summed E-state index contributed by atoms with van der Waals surface area (Å²) in [6.07, 6.45) is 1.41. The van der Waals surface area contributed by atoms with Crippen LogP contribution in [-0.4, -0.2) is 16.1 Å². The summed E-state index contributed by atoms with van der Waals surface area (Å²) in [6.45, 7) is 3.80. The molecule has 0 amide bonds. The Bertz CT molecular complexity index is 377. The van der Waals surface area contributed by atoms with Gasteiger partial charge in [0, 0.05) is 18.1 Å². The molecule has 1 rings (SSSR count). The molecular formula is C12H17NO3. The molecule has 16 heavy (non-hydrogen) atoms. The van der Waals surface area contributed by atoms with Gasteiger partial charge >= 0.3 is 0 Å². The molecule has 1 aromatic rings. The van der Waals surface area contributed by atoms with Crippen LogP contribution in [0.15, 0.2) is 18.2 Å². The summed E-state index contributed by atoms with van der Waals surface area (Å²) in [5, 5.41) is 20.5. The molecule has 0 spiro atoms. The van der Waals surface area contributed by atoms with E-state index in [0.717, 1.165) is 12.0 Å². The standard InChI is InChI=1S/C12H17NO3/c1-3-4-11(14)8-10-6-5-9(2)7-12(10)13(15)16/h5-7,11,14H,3-4,8H2,1-2H3. The van der Waals surface area contributed by atoms with Gasteiger partial charge < -0.3 is 5.11 Å². The lowest BCUT2D eigenvalue weighted by molar-refractivity contribution is -0.385. The van der Waals surface area contributed by atoms with Crippen LogP contribution in [0.1, 0.15) is 30.9 Å². The summed E-state index contributed by atoms with van der Waals surface area (Å²) >= 11 is 0. The van der Waals surface area contributed by atoms with Crippen molar-refractivity contribution in [2.75, 3.05) is 0 Å². The van der Waals surface area contributed by atoms with Gasteiger partial charge in [-0.15, -0.1) is 0 Å². The second-order valence-corrected chi connectivity index (χ2v) is 4.04. The van der Waals surface area contributed by atoms with Crippen molar-refractivity contribution in [3.05, 3.63) is 39.4 Å². The third kappa shape index (κ3) is 3.31. The number of nitrogens with zero attached hydrogens (tertiary/aromatic N) is 1. The molecule has 0 aliphatic carbocycles. The Kier molecular flexibility index (Phi) is 4.43. The first kappa shape index (κ1) is 12.6. The first-order chi connectivity index (χ1) is 7.54. The van der Waals surface area contributed by atoms with E-state index in [2.05, 4.69) is 0 Å². The lowest BCUT2D eigenvalue weighted by Gasteiger charge is -2.09. The molecule has 0 heterocycles. The normalized spacial score (nSPS) is 12.4. The molecule has 0 saturated heterocycles. The summed E-state index contributed by atoms with van der Waals surface area (Å²) in [6, 6.07) is 5.11. The number of benzene rings is 1. The van der Waals surface area contributed by atoms with Crippen molar-refractivity contribution in [3.63, 3.8) is 0 Å². The molecule has 1 unspecified atom stereocenters. The lowest BCUT2D eigenvalue weighted by Crippen LogP contribution is -2.11. The van der Waals surface area contributed by atoms with Crippen LogP contribution in [0.4, 0.5) is 5.69 Å². The quantitative estimate of drug-likeness (QED) is 0.616. The van der Waals surface area contributed by atoms with Crippen molar-refractivity contribution in [2.24, 2.45) is 0 Å². The van der Waals surface area contributed by atoms with Crippen molar-refractivity contribution in [2.45, 2.75) is 39.2 Å². The van der Waals surface area contributed by atoms with Gasteiger partial charge in [-0.05, 0) is 18.9 Å². The maximum atomic E-state index is 10.8. The van der Waals surface area contributed by atoms with E-state index in [1.54, 1.807) is 12.1 Å². The Morgan fingerprint density at radius 1 is 1.50 bits per heavy atom. The number of aliphatic hydroxyl groups excluding tert-OH is 1. The number of nitro benzene ring substituents is 1. The minimum atomic E-state index is -0.494. The highest BCUT2D eigenvalue weighted by Gasteiger charge is 2.16. The highest BCUT2D eigenvalue weighted by atomic mass is 16.6. The van der Waals surface area contributed by atoms with Crippen LogP contribution in [-0.2, 0) is 6.42 Å². The molecular weight excluding hydrogens is 206 g/mol. The SMILES string of the molecule is CCCC(O)Cc1ccc(C)cc1[N+](=O)[O-]. The van der Waals surface area contributed by atoms with Crippen molar-refractivity contribution >= 4 is 5.69 Å². The molecule has 0 radical (unpaired) electrons. The monoisotopic (exact) mass is 223 g/mol. The molecule has 0 aromatic heterocycles. The van der Waals surface area contributed by atoms with Crippen molar-refractivity contribution in [1.82, 2.24) is 0 Å². The van der Waals surface area contributed by atoms with E-state index in [-0.39, 0.29) is 10.6 Å². The van der Waals surface area contributed by atoms with E-state index in [1.165, 1.54) is 0 Å². The van der Waals surface area contributed by atoms with Crippen LogP contribution in [0.3, 0.4) is 0 Å². The predicted octanol–water partition coefficient (Wildman–Crippen LogP) is 2.61. The molecule has 1 N–H and O–H groups in total. The number of aliphatic hydroxyl groups is 1.